The Morgan fingerprint density at radius 1 is 1.00 bits per heavy atom. The average molecular weight is 352 g/mol. The smallest absolute Gasteiger partial charge is 0.248 e. The number of carbonyl (C=O) groups is 1. The lowest BCUT2D eigenvalue weighted by Gasteiger charge is -2.17. The Labute approximate surface area is 154 Å². The van der Waals surface area contributed by atoms with Gasteiger partial charge in [0.15, 0.2) is 11.5 Å². The van der Waals surface area contributed by atoms with E-state index < -0.39 is 0 Å². The molecule has 3 rings (SSSR count). The highest BCUT2D eigenvalue weighted by Gasteiger charge is 2.11. The fourth-order valence-corrected chi connectivity index (χ4v) is 3.04. The van der Waals surface area contributed by atoms with Crippen LogP contribution in [0.1, 0.15) is 18.4 Å². The van der Waals surface area contributed by atoms with Crippen molar-refractivity contribution in [3.63, 3.8) is 0 Å². The number of amides is 1. The van der Waals surface area contributed by atoms with Crippen LogP contribution in [0.25, 0.3) is 6.08 Å². The molecule has 2 aromatic rings. The van der Waals surface area contributed by atoms with Crippen molar-refractivity contribution in [2.45, 2.75) is 12.8 Å². The Morgan fingerprint density at radius 3 is 2.35 bits per heavy atom. The van der Waals surface area contributed by atoms with Gasteiger partial charge in [0, 0.05) is 30.5 Å². The first-order valence-corrected chi connectivity index (χ1v) is 8.76. The van der Waals surface area contributed by atoms with Crippen LogP contribution in [-0.2, 0) is 4.79 Å². The Hall–Kier alpha value is -2.95. The van der Waals surface area contributed by atoms with Gasteiger partial charge in [0.1, 0.15) is 0 Å². The number of anilines is 2. The first-order chi connectivity index (χ1) is 12.7. The largest absolute Gasteiger partial charge is 0.493 e. The molecule has 5 nitrogen and oxygen atoms in total. The van der Waals surface area contributed by atoms with Gasteiger partial charge >= 0.3 is 0 Å². The van der Waals surface area contributed by atoms with E-state index >= 15 is 0 Å². The standard InChI is InChI=1S/C21H24N2O3/c1-25-19-11-5-16(15-20(19)26-2)6-12-21(24)22-17-7-9-18(10-8-17)23-13-3-4-14-23/h5-12,15H,3-4,13-14H2,1-2H3,(H,22,24)/b12-6+. The topological polar surface area (TPSA) is 50.8 Å². The number of benzene rings is 2. The second-order valence-corrected chi connectivity index (χ2v) is 6.18. The van der Waals surface area contributed by atoms with Crippen LogP contribution in [0.5, 0.6) is 11.5 Å². The molecule has 0 saturated carbocycles. The summed E-state index contributed by atoms with van der Waals surface area (Å²) < 4.78 is 10.5. The average Bonchev–Trinajstić information content (AvgIpc) is 3.21. The second kappa shape index (κ2) is 8.43. The van der Waals surface area contributed by atoms with Crippen LogP contribution in [-0.4, -0.2) is 33.2 Å². The van der Waals surface area contributed by atoms with Crippen molar-refractivity contribution in [3.05, 3.63) is 54.1 Å². The number of methoxy groups -OCH3 is 2. The van der Waals surface area contributed by atoms with E-state index in [1.807, 2.05) is 30.3 Å². The van der Waals surface area contributed by atoms with Crippen molar-refractivity contribution >= 4 is 23.4 Å². The zero-order valence-corrected chi connectivity index (χ0v) is 15.2. The quantitative estimate of drug-likeness (QED) is 0.800. The minimum absolute atomic E-state index is 0.172. The van der Waals surface area contributed by atoms with Gasteiger partial charge in [0.25, 0.3) is 0 Å². The van der Waals surface area contributed by atoms with E-state index in [0.717, 1.165) is 24.3 Å². The predicted molar refractivity (Wildman–Crippen MR) is 105 cm³/mol. The van der Waals surface area contributed by atoms with Crippen LogP contribution in [0.3, 0.4) is 0 Å². The molecule has 1 saturated heterocycles. The molecule has 1 amide bonds. The lowest BCUT2D eigenvalue weighted by molar-refractivity contribution is -0.111. The number of hydrogen-bond acceptors (Lipinski definition) is 4. The molecule has 0 unspecified atom stereocenters. The molecule has 1 aliphatic rings. The highest BCUT2D eigenvalue weighted by Crippen LogP contribution is 2.28. The summed E-state index contributed by atoms with van der Waals surface area (Å²) in [4.78, 5) is 14.5. The molecule has 0 atom stereocenters. The monoisotopic (exact) mass is 352 g/mol. The van der Waals surface area contributed by atoms with E-state index in [4.69, 9.17) is 9.47 Å². The summed E-state index contributed by atoms with van der Waals surface area (Å²) in [5, 5.41) is 2.88. The minimum atomic E-state index is -0.172. The van der Waals surface area contributed by atoms with Crippen LogP contribution in [0.4, 0.5) is 11.4 Å². The molecule has 1 N–H and O–H groups in total. The molecule has 1 fully saturated rings. The third-order valence-corrected chi connectivity index (χ3v) is 4.44. The number of ether oxygens (including phenoxy) is 2. The summed E-state index contributed by atoms with van der Waals surface area (Å²) in [6.07, 6.45) is 5.75. The van der Waals surface area contributed by atoms with E-state index in [0.29, 0.717) is 11.5 Å². The molecular formula is C21H24N2O3. The lowest BCUT2D eigenvalue weighted by Crippen LogP contribution is -2.17. The number of rotatable bonds is 6. The van der Waals surface area contributed by atoms with Crippen LogP contribution in [0, 0.1) is 0 Å². The summed E-state index contributed by atoms with van der Waals surface area (Å²) in [7, 11) is 3.18. The molecule has 5 heteroatoms. The SMILES string of the molecule is COc1ccc(/C=C/C(=O)Nc2ccc(N3CCCC3)cc2)cc1OC. The zero-order valence-electron chi connectivity index (χ0n) is 15.2. The van der Waals surface area contributed by atoms with Crippen LogP contribution >= 0.6 is 0 Å². The normalized spacial score (nSPS) is 13.8. The van der Waals surface area contributed by atoms with Gasteiger partial charge in [0.2, 0.25) is 5.91 Å². The van der Waals surface area contributed by atoms with E-state index in [9.17, 15) is 4.79 Å². The first-order valence-electron chi connectivity index (χ1n) is 8.76. The van der Waals surface area contributed by atoms with Gasteiger partial charge in [-0.3, -0.25) is 4.79 Å². The van der Waals surface area contributed by atoms with E-state index in [2.05, 4.69) is 22.3 Å². The predicted octanol–water partition coefficient (Wildman–Crippen LogP) is 3.96. The van der Waals surface area contributed by atoms with Crippen molar-refractivity contribution in [2.75, 3.05) is 37.5 Å². The number of nitrogens with zero attached hydrogens (tertiary/aromatic N) is 1. The Morgan fingerprint density at radius 2 is 1.69 bits per heavy atom. The summed E-state index contributed by atoms with van der Waals surface area (Å²) >= 11 is 0. The molecule has 2 aromatic carbocycles. The van der Waals surface area contributed by atoms with Crippen LogP contribution in [0.15, 0.2) is 48.5 Å². The van der Waals surface area contributed by atoms with Crippen molar-refractivity contribution in [3.8, 4) is 11.5 Å². The van der Waals surface area contributed by atoms with Crippen molar-refractivity contribution < 1.29 is 14.3 Å². The Kier molecular flexibility index (Phi) is 5.79. The van der Waals surface area contributed by atoms with Crippen molar-refractivity contribution in [2.24, 2.45) is 0 Å². The molecule has 136 valence electrons. The molecule has 26 heavy (non-hydrogen) atoms. The zero-order chi connectivity index (χ0) is 18.4. The summed E-state index contributed by atoms with van der Waals surface area (Å²) in [6, 6.07) is 13.5. The summed E-state index contributed by atoms with van der Waals surface area (Å²) in [5.41, 5.74) is 2.86. The fraction of sp³-hybridized carbons (Fsp3) is 0.286. The molecule has 1 aliphatic heterocycles. The van der Waals surface area contributed by atoms with Gasteiger partial charge in [0.05, 0.1) is 14.2 Å². The highest BCUT2D eigenvalue weighted by atomic mass is 16.5. The molecule has 0 aliphatic carbocycles. The maximum absolute atomic E-state index is 12.1. The fourth-order valence-electron chi connectivity index (χ4n) is 3.04. The third-order valence-electron chi connectivity index (χ3n) is 4.44. The Bertz CT molecular complexity index is 778. The van der Waals surface area contributed by atoms with Gasteiger partial charge in [-0.2, -0.15) is 0 Å². The lowest BCUT2D eigenvalue weighted by atomic mass is 10.2. The molecular weight excluding hydrogens is 328 g/mol. The number of carbonyl (C=O) groups excluding carboxylic acids is 1. The molecule has 0 aromatic heterocycles. The number of nitrogens with one attached hydrogen (secondary N) is 1. The van der Waals surface area contributed by atoms with Gasteiger partial charge in [-0.25, -0.2) is 0 Å². The number of hydrogen-bond donors (Lipinski definition) is 1. The van der Waals surface area contributed by atoms with Crippen molar-refractivity contribution in [1.82, 2.24) is 0 Å². The van der Waals surface area contributed by atoms with E-state index in [-0.39, 0.29) is 5.91 Å². The highest BCUT2D eigenvalue weighted by molar-refractivity contribution is 6.02. The van der Waals surface area contributed by atoms with Gasteiger partial charge in [-0.15, -0.1) is 0 Å². The van der Waals surface area contributed by atoms with Crippen LogP contribution in [0.2, 0.25) is 0 Å². The van der Waals surface area contributed by atoms with Crippen molar-refractivity contribution in [1.29, 1.82) is 0 Å². The third kappa shape index (κ3) is 4.36. The molecule has 0 radical (unpaired) electrons. The first kappa shape index (κ1) is 17.9. The van der Waals surface area contributed by atoms with E-state index in [1.54, 1.807) is 20.3 Å². The molecule has 0 bridgehead atoms. The van der Waals surface area contributed by atoms with Gasteiger partial charge in [-0.05, 0) is 60.9 Å². The van der Waals surface area contributed by atoms with Gasteiger partial charge < -0.3 is 19.7 Å². The Balaban J connectivity index is 1.60. The van der Waals surface area contributed by atoms with E-state index in [1.165, 1.54) is 24.6 Å². The summed E-state index contributed by atoms with van der Waals surface area (Å²) in [6.45, 7) is 2.22. The maximum atomic E-state index is 12.1. The van der Waals surface area contributed by atoms with Gasteiger partial charge in [-0.1, -0.05) is 6.07 Å². The molecule has 1 heterocycles. The summed E-state index contributed by atoms with van der Waals surface area (Å²) in [5.74, 6) is 1.12. The minimum Gasteiger partial charge on any atom is -0.493 e. The van der Waals surface area contributed by atoms with Crippen LogP contribution < -0.4 is 19.7 Å². The molecule has 0 spiro atoms. The maximum Gasteiger partial charge on any atom is 0.248 e. The second-order valence-electron chi connectivity index (χ2n) is 6.18.